The molecule has 2 rings (SSSR count). The van der Waals surface area contributed by atoms with E-state index in [2.05, 4.69) is 10.3 Å². The Balaban J connectivity index is 1.65. The molecule has 5 heteroatoms. The number of aromatic nitrogens is 1. The summed E-state index contributed by atoms with van der Waals surface area (Å²) in [6.07, 6.45) is 5.29. The first-order valence-electron chi connectivity index (χ1n) is 5.85. The Hall–Kier alpha value is -0.260. The number of nitrogens with one attached hydrogen (secondary N) is 1. The van der Waals surface area contributed by atoms with Gasteiger partial charge in [-0.1, -0.05) is 11.3 Å². The first-order chi connectivity index (χ1) is 7.75. The first kappa shape index (κ1) is 12.2. The van der Waals surface area contributed by atoms with Gasteiger partial charge < -0.3 is 11.1 Å². The quantitative estimate of drug-likeness (QED) is 0.629. The second-order valence-corrected chi connectivity index (χ2v) is 6.60. The zero-order chi connectivity index (χ0) is 11.4. The number of thioether (sulfide) groups is 1. The van der Waals surface area contributed by atoms with Crippen LogP contribution in [-0.4, -0.2) is 23.3 Å². The third kappa shape index (κ3) is 3.37. The highest BCUT2D eigenvalue weighted by atomic mass is 32.2. The number of nitrogen functional groups attached to an aromatic ring is 1. The van der Waals surface area contributed by atoms with Gasteiger partial charge in [0, 0.05) is 6.04 Å². The number of nitrogens with two attached hydrogens (primary N) is 1. The Labute approximate surface area is 105 Å². The average Bonchev–Trinajstić information content (AvgIpc) is 2.84. The van der Waals surface area contributed by atoms with Gasteiger partial charge in [-0.15, -0.1) is 11.8 Å². The number of aryl methyl sites for hydroxylation is 1. The molecule has 1 aliphatic rings. The van der Waals surface area contributed by atoms with Crippen molar-refractivity contribution in [1.82, 2.24) is 10.3 Å². The summed E-state index contributed by atoms with van der Waals surface area (Å²) in [5.74, 6) is 1.18. The van der Waals surface area contributed by atoms with Crippen LogP contribution < -0.4 is 11.1 Å². The topological polar surface area (TPSA) is 50.9 Å². The van der Waals surface area contributed by atoms with Crippen molar-refractivity contribution < 1.29 is 0 Å². The molecule has 0 amide bonds. The van der Waals surface area contributed by atoms with Crippen molar-refractivity contribution in [1.29, 1.82) is 0 Å². The van der Waals surface area contributed by atoms with Crippen LogP contribution in [0.15, 0.2) is 4.21 Å². The van der Waals surface area contributed by atoms with Crippen LogP contribution in [0.5, 0.6) is 0 Å². The van der Waals surface area contributed by atoms with Crippen LogP contribution in [0.2, 0.25) is 0 Å². The van der Waals surface area contributed by atoms with Gasteiger partial charge in [-0.2, -0.15) is 0 Å². The molecule has 2 heterocycles. The molecule has 3 nitrogen and oxygen atoms in total. The molecule has 1 unspecified atom stereocenters. The zero-order valence-electron chi connectivity index (χ0n) is 9.66. The summed E-state index contributed by atoms with van der Waals surface area (Å²) >= 11 is 3.51. The Morgan fingerprint density at radius 2 is 2.50 bits per heavy atom. The molecule has 1 atom stereocenters. The highest BCUT2D eigenvalue weighted by Gasteiger charge is 2.13. The molecule has 3 N–H and O–H groups in total. The van der Waals surface area contributed by atoms with E-state index in [0.717, 1.165) is 11.7 Å². The van der Waals surface area contributed by atoms with Crippen LogP contribution in [0.3, 0.4) is 0 Å². The molecule has 1 fully saturated rings. The van der Waals surface area contributed by atoms with E-state index in [4.69, 9.17) is 5.73 Å². The van der Waals surface area contributed by atoms with Gasteiger partial charge in [0.2, 0.25) is 0 Å². The Morgan fingerprint density at radius 3 is 3.12 bits per heavy atom. The van der Waals surface area contributed by atoms with Gasteiger partial charge in [-0.25, -0.2) is 4.98 Å². The summed E-state index contributed by atoms with van der Waals surface area (Å²) in [4.78, 5) is 4.23. The molecular weight excluding hydrogens is 238 g/mol. The van der Waals surface area contributed by atoms with Crippen LogP contribution in [0.1, 0.15) is 31.4 Å². The van der Waals surface area contributed by atoms with E-state index in [0.29, 0.717) is 5.13 Å². The normalized spacial score (nSPS) is 20.4. The van der Waals surface area contributed by atoms with E-state index in [9.17, 15) is 0 Å². The second-order valence-electron chi connectivity index (χ2n) is 4.21. The van der Waals surface area contributed by atoms with Gasteiger partial charge in [0.15, 0.2) is 5.13 Å². The van der Waals surface area contributed by atoms with Gasteiger partial charge in [-0.05, 0) is 44.9 Å². The van der Waals surface area contributed by atoms with Crippen molar-refractivity contribution in [2.24, 2.45) is 0 Å². The number of hydrogen-bond acceptors (Lipinski definition) is 5. The zero-order valence-corrected chi connectivity index (χ0v) is 11.3. The summed E-state index contributed by atoms with van der Waals surface area (Å²) in [5, 5.41) is 4.22. The number of nitrogens with zero attached hydrogens (tertiary/aromatic N) is 1. The summed E-state index contributed by atoms with van der Waals surface area (Å²) in [7, 11) is 0. The summed E-state index contributed by atoms with van der Waals surface area (Å²) in [6.45, 7) is 3.25. The fourth-order valence-corrected chi connectivity index (χ4v) is 4.09. The lowest BCUT2D eigenvalue weighted by Crippen LogP contribution is -2.20. The SMILES string of the molecule is Cc1nc(N)sc1SCCCC1CCCN1. The van der Waals surface area contributed by atoms with E-state index in [-0.39, 0.29) is 0 Å². The maximum absolute atomic E-state index is 5.67. The number of hydrogen-bond donors (Lipinski definition) is 2. The summed E-state index contributed by atoms with van der Waals surface area (Å²) in [6, 6.07) is 0.772. The predicted molar refractivity (Wildman–Crippen MR) is 72.2 cm³/mol. The van der Waals surface area contributed by atoms with Crippen molar-refractivity contribution >= 4 is 28.2 Å². The van der Waals surface area contributed by atoms with Crippen molar-refractivity contribution in [3.8, 4) is 0 Å². The fourth-order valence-electron chi connectivity index (χ4n) is 2.03. The lowest BCUT2D eigenvalue weighted by Gasteiger charge is -2.08. The molecule has 1 aromatic rings. The maximum Gasteiger partial charge on any atom is 0.181 e. The van der Waals surface area contributed by atoms with E-state index < -0.39 is 0 Å². The fraction of sp³-hybridized carbons (Fsp3) is 0.727. The minimum absolute atomic E-state index is 0.692. The lowest BCUT2D eigenvalue weighted by molar-refractivity contribution is 0.553. The van der Waals surface area contributed by atoms with Gasteiger partial charge in [-0.3, -0.25) is 0 Å². The van der Waals surface area contributed by atoms with Crippen LogP contribution in [-0.2, 0) is 0 Å². The molecule has 0 radical (unpaired) electrons. The molecule has 0 aliphatic carbocycles. The first-order valence-corrected chi connectivity index (χ1v) is 7.65. The standard InChI is InChI=1S/C11H19N3S2/c1-8-10(16-11(12)14-8)15-7-3-5-9-4-2-6-13-9/h9,13H,2-7H2,1H3,(H2,12,14). The van der Waals surface area contributed by atoms with Gasteiger partial charge in [0.05, 0.1) is 9.90 Å². The van der Waals surface area contributed by atoms with Crippen molar-refractivity contribution in [2.45, 2.75) is 42.9 Å². The largest absolute Gasteiger partial charge is 0.375 e. The van der Waals surface area contributed by atoms with Crippen LogP contribution in [0.4, 0.5) is 5.13 Å². The lowest BCUT2D eigenvalue weighted by atomic mass is 10.1. The highest BCUT2D eigenvalue weighted by molar-refractivity contribution is 8.01. The van der Waals surface area contributed by atoms with Gasteiger partial charge >= 0.3 is 0 Å². The minimum Gasteiger partial charge on any atom is -0.375 e. The van der Waals surface area contributed by atoms with Crippen molar-refractivity contribution in [3.63, 3.8) is 0 Å². The number of rotatable bonds is 5. The molecule has 90 valence electrons. The van der Waals surface area contributed by atoms with E-state index >= 15 is 0 Å². The molecule has 0 saturated carbocycles. The van der Waals surface area contributed by atoms with E-state index in [1.54, 1.807) is 11.3 Å². The Morgan fingerprint density at radius 1 is 1.62 bits per heavy atom. The number of anilines is 1. The molecule has 0 aromatic carbocycles. The van der Waals surface area contributed by atoms with Crippen LogP contribution in [0, 0.1) is 6.92 Å². The third-order valence-electron chi connectivity index (χ3n) is 2.86. The average molecular weight is 257 g/mol. The monoisotopic (exact) mass is 257 g/mol. The van der Waals surface area contributed by atoms with Crippen molar-refractivity contribution in [3.05, 3.63) is 5.69 Å². The molecule has 16 heavy (non-hydrogen) atoms. The molecule has 1 saturated heterocycles. The predicted octanol–water partition coefficient (Wildman–Crippen LogP) is 2.66. The van der Waals surface area contributed by atoms with Crippen LogP contribution in [0.25, 0.3) is 0 Å². The second kappa shape index (κ2) is 5.89. The summed E-state index contributed by atoms with van der Waals surface area (Å²) in [5.41, 5.74) is 6.76. The maximum atomic E-state index is 5.67. The highest BCUT2D eigenvalue weighted by Crippen LogP contribution is 2.31. The van der Waals surface area contributed by atoms with E-state index in [1.807, 2.05) is 18.7 Å². The van der Waals surface area contributed by atoms with E-state index in [1.165, 1.54) is 42.2 Å². The van der Waals surface area contributed by atoms with Gasteiger partial charge in [0.25, 0.3) is 0 Å². The van der Waals surface area contributed by atoms with Crippen molar-refractivity contribution in [2.75, 3.05) is 18.0 Å². The Kier molecular flexibility index (Phi) is 4.49. The molecule has 0 bridgehead atoms. The minimum atomic E-state index is 0.692. The third-order valence-corrected chi connectivity index (χ3v) is 5.30. The number of thiazole rings is 1. The van der Waals surface area contributed by atoms with Crippen LogP contribution >= 0.6 is 23.1 Å². The molecule has 0 spiro atoms. The Bertz CT molecular complexity index is 332. The molecule has 1 aliphatic heterocycles. The molecule has 1 aromatic heterocycles. The van der Waals surface area contributed by atoms with Gasteiger partial charge in [0.1, 0.15) is 0 Å². The summed E-state index contributed by atoms with van der Waals surface area (Å²) < 4.78 is 1.29. The smallest absolute Gasteiger partial charge is 0.181 e. The molecular formula is C11H19N3S2.